The predicted octanol–water partition coefficient (Wildman–Crippen LogP) is 4.07. The highest BCUT2D eigenvalue weighted by molar-refractivity contribution is 6.45. The lowest BCUT2D eigenvalue weighted by Gasteiger charge is -2.41. The quantitative estimate of drug-likeness (QED) is 0.223. The number of ketones is 1. The van der Waals surface area contributed by atoms with E-state index in [-0.39, 0.29) is 24.1 Å². The number of hydrogen-bond acceptors (Lipinski definition) is 5. The number of methoxy groups -OCH3 is 1. The molecule has 0 aliphatic carbocycles. The minimum atomic E-state index is -0.640. The van der Waals surface area contributed by atoms with Gasteiger partial charge in [-0.05, 0) is 24.6 Å². The molecule has 0 bridgehead atoms. The van der Waals surface area contributed by atoms with E-state index in [0.29, 0.717) is 35.1 Å². The molecule has 1 aliphatic heterocycles. The number of H-pyrrole nitrogens is 1. The van der Waals surface area contributed by atoms with Crippen LogP contribution in [-0.4, -0.2) is 71.1 Å². The normalized spacial score (nSPS) is 15.7. The summed E-state index contributed by atoms with van der Waals surface area (Å²) in [4.78, 5) is 58.2. The molecule has 8 nitrogen and oxygen atoms in total. The fourth-order valence-corrected chi connectivity index (χ4v) is 4.81. The summed E-state index contributed by atoms with van der Waals surface area (Å²) in [6.07, 6.45) is 5.25. The first-order chi connectivity index (χ1) is 17.5. The minimum Gasteiger partial charge on any atom is -0.465 e. The second-order valence-corrected chi connectivity index (χ2v) is 9.02. The van der Waals surface area contributed by atoms with Crippen LogP contribution in [0.1, 0.15) is 63.7 Å². The summed E-state index contributed by atoms with van der Waals surface area (Å²) >= 11 is 0. The van der Waals surface area contributed by atoms with Crippen molar-refractivity contribution < 1.29 is 23.9 Å². The van der Waals surface area contributed by atoms with Crippen molar-refractivity contribution in [2.45, 2.75) is 38.6 Å². The maximum Gasteiger partial charge on any atom is 0.339 e. The van der Waals surface area contributed by atoms with Gasteiger partial charge >= 0.3 is 5.97 Å². The number of nitrogens with one attached hydrogen (secondary N) is 1. The molecule has 0 radical (unpaired) electrons. The largest absolute Gasteiger partial charge is 0.465 e. The Morgan fingerprint density at radius 2 is 1.75 bits per heavy atom. The van der Waals surface area contributed by atoms with Gasteiger partial charge < -0.3 is 19.5 Å². The molecule has 8 heteroatoms. The number of esters is 1. The number of unbranched alkanes of at least 4 members (excludes halogenated alkanes) is 2. The van der Waals surface area contributed by atoms with Crippen LogP contribution in [0.4, 0.5) is 0 Å². The van der Waals surface area contributed by atoms with Crippen LogP contribution < -0.4 is 0 Å². The van der Waals surface area contributed by atoms with Gasteiger partial charge in [0.25, 0.3) is 17.6 Å². The van der Waals surface area contributed by atoms with Gasteiger partial charge in [0.05, 0.1) is 23.8 Å². The highest BCUT2D eigenvalue weighted by atomic mass is 16.5. The van der Waals surface area contributed by atoms with Crippen molar-refractivity contribution in [3.05, 3.63) is 71.4 Å². The molecule has 2 aromatic carbocycles. The standard InChI is InChI=1S/C28H31N3O5/c1-3-4-6-12-20-18-30(15-16-31(20)26(33)19-10-7-5-8-11-19)27(34)25(32)23-17-29-24-21(23)13-9-14-22(24)28(35)36-2/h5,7-11,13-14,17,20,29H,3-4,6,12,15-16,18H2,1-2H3. The molecule has 1 N–H and O–H groups in total. The van der Waals surface area contributed by atoms with Crippen LogP contribution in [0.15, 0.2) is 54.7 Å². The Balaban J connectivity index is 1.54. The molecule has 1 atom stereocenters. The zero-order valence-electron chi connectivity index (χ0n) is 20.7. The lowest BCUT2D eigenvalue weighted by atomic mass is 10.0. The van der Waals surface area contributed by atoms with Gasteiger partial charge in [0.15, 0.2) is 0 Å². The number of piperazine rings is 1. The molecule has 0 spiro atoms. The van der Waals surface area contributed by atoms with Crippen LogP contribution in [0.25, 0.3) is 10.9 Å². The molecule has 1 aliphatic rings. The molecule has 2 heterocycles. The number of amides is 2. The van der Waals surface area contributed by atoms with Crippen molar-refractivity contribution in [2.75, 3.05) is 26.7 Å². The van der Waals surface area contributed by atoms with Crippen molar-refractivity contribution >= 4 is 34.5 Å². The van der Waals surface area contributed by atoms with Crippen molar-refractivity contribution in [1.82, 2.24) is 14.8 Å². The van der Waals surface area contributed by atoms with Crippen LogP contribution in [-0.2, 0) is 9.53 Å². The molecule has 2 amide bonds. The van der Waals surface area contributed by atoms with E-state index < -0.39 is 17.7 Å². The van der Waals surface area contributed by atoms with E-state index in [1.165, 1.54) is 13.3 Å². The summed E-state index contributed by atoms with van der Waals surface area (Å²) in [7, 11) is 1.29. The lowest BCUT2D eigenvalue weighted by Crippen LogP contribution is -2.57. The fourth-order valence-electron chi connectivity index (χ4n) is 4.81. The monoisotopic (exact) mass is 489 g/mol. The van der Waals surface area contributed by atoms with Gasteiger partial charge in [0.2, 0.25) is 0 Å². The number of carbonyl (C=O) groups is 4. The number of aromatic nitrogens is 1. The summed E-state index contributed by atoms with van der Waals surface area (Å²) in [6, 6.07) is 13.9. The number of aromatic amines is 1. The SMILES string of the molecule is CCCCCC1CN(C(=O)C(=O)c2c[nH]c3c(C(=O)OC)cccc23)CCN1C(=O)c1ccccc1. The van der Waals surface area contributed by atoms with E-state index in [1.54, 1.807) is 35.2 Å². The Labute approximate surface area is 210 Å². The third-order valence-corrected chi connectivity index (χ3v) is 6.75. The van der Waals surface area contributed by atoms with Gasteiger partial charge in [0, 0.05) is 42.8 Å². The van der Waals surface area contributed by atoms with E-state index in [0.717, 1.165) is 25.7 Å². The van der Waals surface area contributed by atoms with Gasteiger partial charge in [-0.3, -0.25) is 14.4 Å². The number of benzene rings is 2. The Kier molecular flexibility index (Phi) is 7.83. The molecule has 1 unspecified atom stereocenters. The number of carbonyl (C=O) groups excluding carboxylic acids is 4. The molecular formula is C28H31N3O5. The summed E-state index contributed by atoms with van der Waals surface area (Å²) in [5.74, 6) is -1.82. The number of para-hydroxylation sites is 1. The van der Waals surface area contributed by atoms with Gasteiger partial charge in [-0.2, -0.15) is 0 Å². The highest BCUT2D eigenvalue weighted by Crippen LogP contribution is 2.25. The molecule has 3 aromatic rings. The van der Waals surface area contributed by atoms with Crippen LogP contribution in [0.3, 0.4) is 0 Å². The van der Waals surface area contributed by atoms with Gasteiger partial charge in [-0.15, -0.1) is 0 Å². The fraction of sp³-hybridized carbons (Fsp3) is 0.357. The molecule has 0 saturated carbocycles. The van der Waals surface area contributed by atoms with E-state index in [2.05, 4.69) is 11.9 Å². The average molecular weight is 490 g/mol. The van der Waals surface area contributed by atoms with E-state index >= 15 is 0 Å². The molecular weight excluding hydrogens is 458 g/mol. The van der Waals surface area contributed by atoms with Gasteiger partial charge in [-0.25, -0.2) is 4.79 Å². The van der Waals surface area contributed by atoms with E-state index in [4.69, 9.17) is 4.74 Å². The first kappa shape index (κ1) is 25.2. The molecule has 36 heavy (non-hydrogen) atoms. The molecule has 1 saturated heterocycles. The molecule has 188 valence electrons. The first-order valence-electron chi connectivity index (χ1n) is 12.3. The maximum absolute atomic E-state index is 13.3. The summed E-state index contributed by atoms with van der Waals surface area (Å²) in [5, 5.41) is 0.494. The topological polar surface area (TPSA) is 99.8 Å². The van der Waals surface area contributed by atoms with E-state index in [1.807, 2.05) is 23.1 Å². The van der Waals surface area contributed by atoms with Crippen molar-refractivity contribution in [3.8, 4) is 0 Å². The highest BCUT2D eigenvalue weighted by Gasteiger charge is 2.35. The maximum atomic E-state index is 13.3. The second kappa shape index (κ2) is 11.2. The smallest absolute Gasteiger partial charge is 0.339 e. The number of ether oxygens (including phenoxy) is 1. The number of nitrogens with zero attached hydrogens (tertiary/aromatic N) is 2. The van der Waals surface area contributed by atoms with Crippen LogP contribution in [0.5, 0.6) is 0 Å². The Morgan fingerprint density at radius 3 is 2.47 bits per heavy atom. The Bertz CT molecular complexity index is 1270. The molecule has 1 aromatic heterocycles. The van der Waals surface area contributed by atoms with Crippen molar-refractivity contribution in [3.63, 3.8) is 0 Å². The predicted molar refractivity (Wildman–Crippen MR) is 136 cm³/mol. The van der Waals surface area contributed by atoms with Gasteiger partial charge in [0.1, 0.15) is 0 Å². The Hall–Kier alpha value is -3.94. The summed E-state index contributed by atoms with van der Waals surface area (Å²) in [5.41, 5.74) is 1.59. The lowest BCUT2D eigenvalue weighted by molar-refractivity contribution is -0.129. The molecule has 1 fully saturated rings. The van der Waals surface area contributed by atoms with Crippen LogP contribution in [0, 0.1) is 0 Å². The minimum absolute atomic E-state index is 0.0532. The third kappa shape index (κ3) is 5.03. The first-order valence-corrected chi connectivity index (χ1v) is 12.3. The number of fused-ring (bicyclic) bond motifs is 1. The number of hydrogen-bond donors (Lipinski definition) is 1. The average Bonchev–Trinajstić information content (AvgIpc) is 3.36. The molecule has 4 rings (SSSR count). The number of rotatable bonds is 8. The van der Waals surface area contributed by atoms with Crippen molar-refractivity contribution in [1.29, 1.82) is 0 Å². The zero-order chi connectivity index (χ0) is 25.7. The van der Waals surface area contributed by atoms with Crippen molar-refractivity contribution in [2.24, 2.45) is 0 Å². The number of Topliss-reactive ketones (excluding diaryl/α,β-unsaturated/α-hetero) is 1. The van der Waals surface area contributed by atoms with E-state index in [9.17, 15) is 19.2 Å². The third-order valence-electron chi connectivity index (χ3n) is 6.75. The van der Waals surface area contributed by atoms with Crippen LogP contribution in [0.2, 0.25) is 0 Å². The zero-order valence-corrected chi connectivity index (χ0v) is 20.7. The summed E-state index contributed by atoms with van der Waals surface area (Å²) < 4.78 is 4.82. The summed E-state index contributed by atoms with van der Waals surface area (Å²) in [6.45, 7) is 3.07. The van der Waals surface area contributed by atoms with Gasteiger partial charge in [-0.1, -0.05) is 56.5 Å². The second-order valence-electron chi connectivity index (χ2n) is 9.02. The van der Waals surface area contributed by atoms with Crippen LogP contribution >= 0.6 is 0 Å². The Morgan fingerprint density at radius 1 is 0.972 bits per heavy atom.